The van der Waals surface area contributed by atoms with E-state index < -0.39 is 0 Å². The molecule has 0 saturated heterocycles. The Bertz CT molecular complexity index is 965. The first-order valence-corrected chi connectivity index (χ1v) is 8.44. The van der Waals surface area contributed by atoms with Crippen molar-refractivity contribution in [1.82, 2.24) is 0 Å². The molecule has 0 saturated carbocycles. The van der Waals surface area contributed by atoms with Crippen LogP contribution in [0.4, 0.5) is 5.69 Å². The highest BCUT2D eigenvalue weighted by Gasteiger charge is 2.27. The van der Waals surface area contributed by atoms with Gasteiger partial charge in [-0.15, -0.1) is 0 Å². The van der Waals surface area contributed by atoms with Crippen molar-refractivity contribution in [3.05, 3.63) is 65.7 Å². The number of carbonyl (C=O) groups is 1. The number of carbonyl (C=O) groups excluding carboxylic acids is 1. The van der Waals surface area contributed by atoms with E-state index in [4.69, 9.17) is 4.74 Å². The van der Waals surface area contributed by atoms with Crippen LogP contribution in [0, 0.1) is 0 Å². The number of Topliss-reactive ketones (excluding diaryl/α,β-unsaturated/α-hetero) is 1. The van der Waals surface area contributed by atoms with E-state index in [0.717, 1.165) is 27.6 Å². The molecule has 126 valence electrons. The maximum Gasteiger partial charge on any atom is 0.167 e. The van der Waals surface area contributed by atoms with E-state index in [1.165, 1.54) is 0 Å². The van der Waals surface area contributed by atoms with Crippen LogP contribution in [0.25, 0.3) is 10.8 Å². The minimum absolute atomic E-state index is 0.110. The van der Waals surface area contributed by atoms with Gasteiger partial charge in [-0.05, 0) is 41.5 Å². The van der Waals surface area contributed by atoms with Gasteiger partial charge < -0.3 is 15.2 Å². The van der Waals surface area contributed by atoms with E-state index >= 15 is 0 Å². The van der Waals surface area contributed by atoms with Gasteiger partial charge in [0.2, 0.25) is 0 Å². The Labute approximate surface area is 146 Å². The Morgan fingerprint density at radius 1 is 1.16 bits per heavy atom. The maximum atomic E-state index is 12.8. The first kappa shape index (κ1) is 15.5. The first-order valence-electron chi connectivity index (χ1n) is 8.44. The topological polar surface area (TPSA) is 58.6 Å². The molecule has 4 heteroatoms. The molecule has 0 radical (unpaired) electrons. The number of ether oxygens (including phenoxy) is 1. The molecule has 4 rings (SSSR count). The zero-order chi connectivity index (χ0) is 17.4. The third-order valence-corrected chi connectivity index (χ3v) is 4.61. The van der Waals surface area contributed by atoms with Crippen LogP contribution < -0.4 is 10.1 Å². The molecule has 4 nitrogen and oxygen atoms in total. The summed E-state index contributed by atoms with van der Waals surface area (Å²) in [6.45, 7) is 2.35. The van der Waals surface area contributed by atoms with Crippen molar-refractivity contribution >= 4 is 22.2 Å². The van der Waals surface area contributed by atoms with Crippen LogP contribution in [0.15, 0.2) is 54.6 Å². The van der Waals surface area contributed by atoms with Crippen molar-refractivity contribution in [2.75, 3.05) is 11.9 Å². The smallest absolute Gasteiger partial charge is 0.167 e. The summed E-state index contributed by atoms with van der Waals surface area (Å²) >= 11 is 0. The lowest BCUT2D eigenvalue weighted by molar-refractivity contribution is 0.0974. The van der Waals surface area contributed by atoms with Crippen LogP contribution in [0.1, 0.15) is 35.3 Å². The highest BCUT2D eigenvalue weighted by molar-refractivity contribution is 6.14. The summed E-state index contributed by atoms with van der Waals surface area (Å²) in [5, 5.41) is 15.4. The predicted molar refractivity (Wildman–Crippen MR) is 98.5 cm³/mol. The summed E-state index contributed by atoms with van der Waals surface area (Å²) in [4.78, 5) is 12.8. The van der Waals surface area contributed by atoms with Gasteiger partial charge in [-0.2, -0.15) is 0 Å². The van der Waals surface area contributed by atoms with E-state index in [9.17, 15) is 9.90 Å². The third-order valence-electron chi connectivity index (χ3n) is 4.61. The lowest BCUT2D eigenvalue weighted by Crippen LogP contribution is -2.23. The number of anilines is 1. The van der Waals surface area contributed by atoms with E-state index in [2.05, 4.69) is 5.32 Å². The van der Waals surface area contributed by atoms with E-state index in [1.807, 2.05) is 49.4 Å². The fourth-order valence-electron chi connectivity index (χ4n) is 3.44. The molecule has 0 amide bonds. The second-order valence-electron chi connectivity index (χ2n) is 6.19. The van der Waals surface area contributed by atoms with Crippen LogP contribution in [-0.4, -0.2) is 17.5 Å². The summed E-state index contributed by atoms with van der Waals surface area (Å²) in [5.41, 5.74) is 2.54. The molecule has 1 aliphatic heterocycles. The van der Waals surface area contributed by atoms with Gasteiger partial charge in [0.25, 0.3) is 0 Å². The minimum atomic E-state index is -0.138. The molecule has 0 unspecified atom stereocenters. The maximum absolute atomic E-state index is 12.8. The summed E-state index contributed by atoms with van der Waals surface area (Å²) in [6, 6.07) is 17.0. The number of aromatic hydroxyl groups is 1. The third kappa shape index (κ3) is 2.70. The number of ketones is 1. The number of benzene rings is 3. The standard InChI is InChI=1S/C21H19NO3/c1-2-25-20-11-14(8-10-18(20)23)17-12-19(24)21-15-6-4-3-5-13(15)7-9-16(21)22-17/h3-11,17,22-23H,2,12H2,1H3/t17-/m1/s1. The van der Waals surface area contributed by atoms with Gasteiger partial charge >= 0.3 is 0 Å². The van der Waals surface area contributed by atoms with Gasteiger partial charge in [0.15, 0.2) is 17.3 Å². The van der Waals surface area contributed by atoms with Crippen molar-refractivity contribution < 1.29 is 14.6 Å². The second-order valence-corrected chi connectivity index (χ2v) is 6.19. The summed E-state index contributed by atoms with van der Waals surface area (Å²) in [6.07, 6.45) is 0.372. The van der Waals surface area contributed by atoms with Crippen LogP contribution >= 0.6 is 0 Å². The van der Waals surface area contributed by atoms with Crippen LogP contribution in [0.5, 0.6) is 11.5 Å². The molecule has 0 aliphatic carbocycles. The molecule has 25 heavy (non-hydrogen) atoms. The zero-order valence-electron chi connectivity index (χ0n) is 14.0. The fourth-order valence-corrected chi connectivity index (χ4v) is 3.44. The Morgan fingerprint density at radius 3 is 2.84 bits per heavy atom. The van der Waals surface area contributed by atoms with E-state index in [-0.39, 0.29) is 17.6 Å². The molecular weight excluding hydrogens is 314 g/mol. The van der Waals surface area contributed by atoms with Gasteiger partial charge in [0.1, 0.15) is 0 Å². The second kappa shape index (κ2) is 6.13. The summed E-state index contributed by atoms with van der Waals surface area (Å²) < 4.78 is 5.46. The van der Waals surface area contributed by atoms with Crippen molar-refractivity contribution in [3.63, 3.8) is 0 Å². The molecular formula is C21H19NO3. The average Bonchev–Trinajstić information content (AvgIpc) is 2.63. The molecule has 0 aromatic heterocycles. The molecule has 0 fully saturated rings. The molecule has 3 aromatic rings. The Morgan fingerprint density at radius 2 is 2.00 bits per heavy atom. The lowest BCUT2D eigenvalue weighted by atomic mass is 9.89. The number of fused-ring (bicyclic) bond motifs is 3. The Balaban J connectivity index is 1.74. The number of hydrogen-bond donors (Lipinski definition) is 2. The molecule has 1 aliphatic rings. The zero-order valence-corrected chi connectivity index (χ0v) is 14.0. The van der Waals surface area contributed by atoms with Crippen molar-refractivity contribution in [1.29, 1.82) is 0 Å². The molecule has 0 spiro atoms. The van der Waals surface area contributed by atoms with Crippen LogP contribution in [0.3, 0.4) is 0 Å². The highest BCUT2D eigenvalue weighted by Crippen LogP contribution is 2.38. The summed E-state index contributed by atoms with van der Waals surface area (Å²) in [5.74, 6) is 0.680. The van der Waals surface area contributed by atoms with Crippen LogP contribution in [0.2, 0.25) is 0 Å². The van der Waals surface area contributed by atoms with Gasteiger partial charge in [-0.25, -0.2) is 0 Å². The van der Waals surface area contributed by atoms with Crippen LogP contribution in [-0.2, 0) is 0 Å². The fraction of sp³-hybridized carbons (Fsp3) is 0.190. The number of rotatable bonds is 3. The molecule has 0 bridgehead atoms. The van der Waals surface area contributed by atoms with Gasteiger partial charge in [0.05, 0.1) is 12.6 Å². The normalized spacial score (nSPS) is 16.4. The van der Waals surface area contributed by atoms with Gasteiger partial charge in [-0.3, -0.25) is 4.79 Å². The van der Waals surface area contributed by atoms with Crippen molar-refractivity contribution in [2.45, 2.75) is 19.4 Å². The minimum Gasteiger partial charge on any atom is -0.504 e. The lowest BCUT2D eigenvalue weighted by Gasteiger charge is -2.28. The monoisotopic (exact) mass is 333 g/mol. The molecule has 1 heterocycles. The first-order chi connectivity index (χ1) is 12.2. The van der Waals surface area contributed by atoms with E-state index in [0.29, 0.717) is 18.8 Å². The highest BCUT2D eigenvalue weighted by atomic mass is 16.5. The Hall–Kier alpha value is -3.01. The van der Waals surface area contributed by atoms with Gasteiger partial charge in [-0.1, -0.05) is 36.4 Å². The number of phenols is 1. The average molecular weight is 333 g/mol. The van der Waals surface area contributed by atoms with Crippen molar-refractivity contribution in [2.24, 2.45) is 0 Å². The van der Waals surface area contributed by atoms with Gasteiger partial charge in [0, 0.05) is 17.7 Å². The largest absolute Gasteiger partial charge is 0.504 e. The predicted octanol–water partition coefficient (Wildman–Crippen LogP) is 4.68. The number of hydrogen-bond acceptors (Lipinski definition) is 4. The Kier molecular flexibility index (Phi) is 3.80. The number of phenolic OH excluding ortho intramolecular Hbond substituents is 1. The quantitative estimate of drug-likeness (QED) is 0.730. The SMILES string of the molecule is CCOc1cc([C@H]2CC(=O)c3c(ccc4ccccc34)N2)ccc1O. The number of nitrogens with one attached hydrogen (secondary N) is 1. The van der Waals surface area contributed by atoms with Crippen molar-refractivity contribution in [3.8, 4) is 11.5 Å². The van der Waals surface area contributed by atoms with E-state index in [1.54, 1.807) is 12.1 Å². The molecule has 3 aromatic carbocycles. The molecule has 1 atom stereocenters. The summed E-state index contributed by atoms with van der Waals surface area (Å²) in [7, 11) is 0. The molecule has 2 N–H and O–H groups in total.